The van der Waals surface area contributed by atoms with Gasteiger partial charge in [-0.3, -0.25) is 4.79 Å². The number of carboxylic acid groups (broad SMARTS) is 1. The summed E-state index contributed by atoms with van der Waals surface area (Å²) < 4.78 is 8.32. The van der Waals surface area contributed by atoms with Gasteiger partial charge < -0.3 is 15.2 Å². The Labute approximate surface area is 236 Å². The fraction of sp³-hybridized carbons (Fsp3) is 0.452. The summed E-state index contributed by atoms with van der Waals surface area (Å²) in [6, 6.07) is 14.8. The molecule has 0 saturated heterocycles. The summed E-state index contributed by atoms with van der Waals surface area (Å²) in [5.74, 6) is 0.684. The maximum atomic E-state index is 13.9. The zero-order valence-electron chi connectivity index (χ0n) is 22.3. The molecule has 0 aliphatic heterocycles. The van der Waals surface area contributed by atoms with Crippen LogP contribution in [-0.2, 0) is 11.4 Å². The van der Waals surface area contributed by atoms with Crippen LogP contribution in [0.15, 0.2) is 48.5 Å². The lowest BCUT2D eigenvalue weighted by Gasteiger charge is -2.53. The van der Waals surface area contributed by atoms with E-state index in [9.17, 15) is 14.7 Å². The molecule has 2 N–H and O–H groups in total. The van der Waals surface area contributed by atoms with E-state index in [0.717, 1.165) is 57.4 Å². The number of thiazole rings is 1. The maximum Gasteiger partial charge on any atom is 0.326 e. The summed E-state index contributed by atoms with van der Waals surface area (Å²) in [5.41, 5.74) is 0.511. The molecular formula is C31H34N2O4S2. The monoisotopic (exact) mass is 562 g/mol. The van der Waals surface area contributed by atoms with Crippen molar-refractivity contribution in [1.82, 2.24) is 10.3 Å². The van der Waals surface area contributed by atoms with Crippen LogP contribution in [0.25, 0.3) is 20.3 Å². The number of fused-ring (bicyclic) bond motifs is 4. The van der Waals surface area contributed by atoms with Crippen molar-refractivity contribution in [3.8, 4) is 5.75 Å². The highest BCUT2D eigenvalue weighted by Crippen LogP contribution is 2.55. The molecule has 4 aromatic rings. The highest BCUT2D eigenvalue weighted by atomic mass is 32.1. The SMILES string of the molecule is CCC1CC2CC(C)C[C@@](C(NC(=O)c3sc4ccccc4c3OCc3nc4ccccc4s3)C(=O)O)(C1)C2. The van der Waals surface area contributed by atoms with Crippen molar-refractivity contribution < 1.29 is 19.4 Å². The van der Waals surface area contributed by atoms with E-state index in [1.807, 2.05) is 48.5 Å². The van der Waals surface area contributed by atoms with Gasteiger partial charge in [-0.15, -0.1) is 22.7 Å². The molecule has 2 aliphatic rings. The van der Waals surface area contributed by atoms with Gasteiger partial charge in [-0.05, 0) is 74.1 Å². The molecule has 6 rings (SSSR count). The molecule has 204 valence electrons. The number of hydrogen-bond acceptors (Lipinski definition) is 6. The summed E-state index contributed by atoms with van der Waals surface area (Å²) in [6.45, 7) is 4.67. The van der Waals surface area contributed by atoms with Crippen LogP contribution in [-0.4, -0.2) is 28.0 Å². The van der Waals surface area contributed by atoms with Crippen LogP contribution in [0.4, 0.5) is 0 Å². The van der Waals surface area contributed by atoms with Crippen LogP contribution in [0, 0.1) is 23.2 Å². The van der Waals surface area contributed by atoms with E-state index in [2.05, 4.69) is 24.1 Å². The lowest BCUT2D eigenvalue weighted by Crippen LogP contribution is -2.57. The summed E-state index contributed by atoms with van der Waals surface area (Å²) in [4.78, 5) is 31.7. The third-order valence-corrected chi connectivity index (χ3v) is 10.9. The molecule has 6 nitrogen and oxygen atoms in total. The van der Waals surface area contributed by atoms with E-state index in [0.29, 0.717) is 28.4 Å². The number of ether oxygens (including phenoxy) is 1. The van der Waals surface area contributed by atoms with Gasteiger partial charge in [-0.25, -0.2) is 9.78 Å². The van der Waals surface area contributed by atoms with E-state index in [1.54, 1.807) is 11.3 Å². The Hall–Kier alpha value is -2.97. The molecular weight excluding hydrogens is 528 g/mol. The van der Waals surface area contributed by atoms with Crippen molar-refractivity contribution in [2.24, 2.45) is 23.2 Å². The number of thiophene rings is 1. The van der Waals surface area contributed by atoms with Gasteiger partial charge in [0.25, 0.3) is 5.91 Å². The Morgan fingerprint density at radius 2 is 1.85 bits per heavy atom. The Balaban J connectivity index is 1.30. The molecule has 2 aromatic heterocycles. The fourth-order valence-electron chi connectivity index (χ4n) is 7.33. The molecule has 1 amide bonds. The van der Waals surface area contributed by atoms with Gasteiger partial charge in [0, 0.05) is 15.5 Å². The molecule has 2 aliphatic carbocycles. The third-order valence-electron chi connectivity index (χ3n) is 8.69. The third kappa shape index (κ3) is 5.05. The molecule has 4 unspecified atom stereocenters. The normalized spacial score (nSPS) is 25.4. The number of carbonyl (C=O) groups excluding carboxylic acids is 1. The first kappa shape index (κ1) is 26.3. The van der Waals surface area contributed by atoms with Gasteiger partial charge in [0.1, 0.15) is 22.5 Å². The molecule has 5 atom stereocenters. The lowest BCUT2D eigenvalue weighted by molar-refractivity contribution is -0.147. The minimum Gasteiger partial charge on any atom is -0.484 e. The number of nitrogens with zero attached hydrogens (tertiary/aromatic N) is 1. The van der Waals surface area contributed by atoms with Crippen LogP contribution in [0.1, 0.15) is 67.1 Å². The number of carbonyl (C=O) groups is 2. The maximum absolute atomic E-state index is 13.9. The standard InChI is InChI=1S/C31H34N2O4S2/c1-3-19-13-20-12-18(2)14-31(15-19,16-20)28(30(35)36)33-29(34)27-26(21-8-4-6-10-23(21)39-27)37-17-25-32-22-9-5-7-11-24(22)38-25/h4-11,18-20,28H,3,12-17H2,1-2H3,(H,33,34)(H,35,36)/t18?,19?,20?,28?,31-/m1/s1. The van der Waals surface area contributed by atoms with Crippen LogP contribution >= 0.6 is 22.7 Å². The first-order valence-electron chi connectivity index (χ1n) is 13.9. The van der Waals surface area contributed by atoms with E-state index >= 15 is 0 Å². The highest BCUT2D eigenvalue weighted by molar-refractivity contribution is 7.21. The summed E-state index contributed by atoms with van der Waals surface area (Å²) >= 11 is 2.92. The Morgan fingerprint density at radius 3 is 2.62 bits per heavy atom. The quantitative estimate of drug-likeness (QED) is 0.232. The average Bonchev–Trinajstić information content (AvgIpc) is 3.50. The summed E-state index contributed by atoms with van der Waals surface area (Å²) in [5, 5.41) is 15.2. The lowest BCUT2D eigenvalue weighted by atomic mass is 9.53. The number of para-hydroxylation sites is 1. The summed E-state index contributed by atoms with van der Waals surface area (Å²) in [6.07, 6.45) is 5.94. The molecule has 39 heavy (non-hydrogen) atoms. The molecule has 2 fully saturated rings. The van der Waals surface area contributed by atoms with Gasteiger partial charge in [0.15, 0.2) is 5.75 Å². The predicted molar refractivity (Wildman–Crippen MR) is 157 cm³/mol. The number of nitrogens with one attached hydrogen (secondary N) is 1. The van der Waals surface area contributed by atoms with Crippen molar-refractivity contribution in [1.29, 1.82) is 0 Å². The Bertz CT molecular complexity index is 1490. The van der Waals surface area contributed by atoms with Crippen molar-refractivity contribution in [3.05, 3.63) is 58.4 Å². The molecule has 2 heterocycles. The molecule has 0 radical (unpaired) electrons. The van der Waals surface area contributed by atoms with E-state index in [4.69, 9.17) is 4.74 Å². The Kier molecular flexibility index (Phi) is 7.10. The van der Waals surface area contributed by atoms with Crippen LogP contribution in [0.2, 0.25) is 0 Å². The fourth-order valence-corrected chi connectivity index (χ4v) is 9.26. The predicted octanol–water partition coefficient (Wildman–Crippen LogP) is 7.52. The first-order chi connectivity index (χ1) is 18.8. The van der Waals surface area contributed by atoms with Gasteiger partial charge in [0.05, 0.1) is 10.2 Å². The molecule has 2 aromatic carbocycles. The number of aliphatic carboxylic acids is 1. The van der Waals surface area contributed by atoms with Crippen molar-refractivity contribution >= 4 is 54.9 Å². The Morgan fingerprint density at radius 1 is 1.08 bits per heavy atom. The second kappa shape index (κ2) is 10.5. The van der Waals surface area contributed by atoms with Crippen LogP contribution in [0.3, 0.4) is 0 Å². The first-order valence-corrected chi connectivity index (χ1v) is 15.5. The van der Waals surface area contributed by atoms with Gasteiger partial charge in [-0.1, -0.05) is 44.5 Å². The number of aromatic nitrogens is 1. The summed E-state index contributed by atoms with van der Waals surface area (Å²) in [7, 11) is 0. The van der Waals surface area contributed by atoms with Crippen LogP contribution in [0.5, 0.6) is 5.75 Å². The zero-order valence-corrected chi connectivity index (χ0v) is 23.9. The molecule has 0 spiro atoms. The minimum absolute atomic E-state index is 0.240. The topological polar surface area (TPSA) is 88.5 Å². The van der Waals surface area contributed by atoms with Crippen molar-refractivity contribution in [2.75, 3.05) is 0 Å². The van der Waals surface area contributed by atoms with E-state index in [1.165, 1.54) is 17.8 Å². The van der Waals surface area contributed by atoms with E-state index < -0.39 is 17.4 Å². The van der Waals surface area contributed by atoms with Crippen molar-refractivity contribution in [2.45, 2.75) is 65.0 Å². The molecule has 2 bridgehead atoms. The number of amides is 1. The smallest absolute Gasteiger partial charge is 0.326 e. The molecule has 2 saturated carbocycles. The molecule has 8 heteroatoms. The van der Waals surface area contributed by atoms with Crippen LogP contribution < -0.4 is 10.1 Å². The zero-order chi connectivity index (χ0) is 27.1. The second-order valence-corrected chi connectivity index (χ2v) is 13.7. The van der Waals surface area contributed by atoms with E-state index in [-0.39, 0.29) is 12.5 Å². The van der Waals surface area contributed by atoms with Gasteiger partial charge >= 0.3 is 5.97 Å². The number of hydrogen-bond donors (Lipinski definition) is 2. The average molecular weight is 563 g/mol. The highest BCUT2D eigenvalue weighted by Gasteiger charge is 2.52. The number of rotatable bonds is 8. The van der Waals surface area contributed by atoms with Gasteiger partial charge in [0.2, 0.25) is 0 Å². The minimum atomic E-state index is -0.939. The van der Waals surface area contributed by atoms with Gasteiger partial charge in [-0.2, -0.15) is 0 Å². The number of carboxylic acids is 1. The largest absolute Gasteiger partial charge is 0.484 e. The second-order valence-electron chi connectivity index (χ2n) is 11.6. The van der Waals surface area contributed by atoms with Crippen molar-refractivity contribution in [3.63, 3.8) is 0 Å². The number of benzene rings is 2.